The third-order valence-corrected chi connectivity index (χ3v) is 3.34. The molecule has 0 atom stereocenters. The molecular formula is C17H18N2O5. The molecular weight excluding hydrogens is 312 g/mol. The van der Waals surface area contributed by atoms with Gasteiger partial charge in [0, 0.05) is 24.2 Å². The third-order valence-electron chi connectivity index (χ3n) is 3.34. The molecule has 0 aliphatic carbocycles. The van der Waals surface area contributed by atoms with Crippen LogP contribution >= 0.6 is 0 Å². The second-order valence-corrected chi connectivity index (χ2v) is 5.24. The van der Waals surface area contributed by atoms with E-state index in [9.17, 15) is 24.9 Å². The zero-order chi connectivity index (χ0) is 17.7. The third kappa shape index (κ3) is 4.16. The molecule has 0 radical (unpaired) electrons. The number of carbonyl (C=O) groups excluding carboxylic acids is 2. The molecule has 7 heteroatoms. The molecule has 2 aromatic carbocycles. The second kappa shape index (κ2) is 7.36. The Labute approximate surface area is 138 Å². The minimum absolute atomic E-state index is 0.00680. The zero-order valence-corrected chi connectivity index (χ0v) is 13.0. The fourth-order valence-electron chi connectivity index (χ4n) is 2.00. The highest BCUT2D eigenvalue weighted by atomic mass is 16.3. The summed E-state index contributed by atoms with van der Waals surface area (Å²) < 4.78 is 0. The van der Waals surface area contributed by atoms with Crippen molar-refractivity contribution >= 4 is 11.8 Å². The number of phenols is 3. The average molecular weight is 330 g/mol. The lowest BCUT2D eigenvalue weighted by atomic mass is 10.1. The summed E-state index contributed by atoms with van der Waals surface area (Å²) in [6, 6.07) is 9.17. The number of hydrogen-bond donors (Lipinski definition) is 5. The first kappa shape index (κ1) is 17.1. The van der Waals surface area contributed by atoms with Crippen molar-refractivity contribution in [1.29, 1.82) is 0 Å². The summed E-state index contributed by atoms with van der Waals surface area (Å²) in [5.74, 6) is -2.66. The molecule has 0 aliphatic rings. The molecule has 0 aromatic heterocycles. The quantitative estimate of drug-likeness (QED) is 0.418. The number of aryl methyl sites for hydroxylation is 1. The van der Waals surface area contributed by atoms with Gasteiger partial charge in [0.05, 0.1) is 0 Å². The highest BCUT2D eigenvalue weighted by Gasteiger charge is 2.13. The van der Waals surface area contributed by atoms with Gasteiger partial charge in [0.1, 0.15) is 0 Å². The van der Waals surface area contributed by atoms with Crippen LogP contribution in [0.1, 0.15) is 26.3 Å². The van der Waals surface area contributed by atoms with E-state index in [2.05, 4.69) is 10.6 Å². The number of aromatic hydroxyl groups is 3. The van der Waals surface area contributed by atoms with Gasteiger partial charge in [-0.3, -0.25) is 9.59 Å². The van der Waals surface area contributed by atoms with Gasteiger partial charge in [0.2, 0.25) is 0 Å². The molecule has 0 aliphatic heterocycles. The Morgan fingerprint density at radius 3 is 1.79 bits per heavy atom. The lowest BCUT2D eigenvalue weighted by molar-refractivity contribution is 0.0927. The van der Waals surface area contributed by atoms with Gasteiger partial charge in [-0.2, -0.15) is 0 Å². The first-order chi connectivity index (χ1) is 11.4. The Kier molecular flexibility index (Phi) is 5.26. The molecule has 0 bridgehead atoms. The fraction of sp³-hybridized carbons (Fsp3) is 0.176. The van der Waals surface area contributed by atoms with Crippen molar-refractivity contribution < 1.29 is 24.9 Å². The monoisotopic (exact) mass is 330 g/mol. The smallest absolute Gasteiger partial charge is 0.251 e. The number of rotatable bonds is 5. The number of amides is 2. The van der Waals surface area contributed by atoms with Gasteiger partial charge in [-0.05, 0) is 31.2 Å². The molecule has 0 spiro atoms. The van der Waals surface area contributed by atoms with E-state index < -0.39 is 23.2 Å². The summed E-state index contributed by atoms with van der Waals surface area (Å²) in [6.45, 7) is 2.31. The minimum Gasteiger partial charge on any atom is -0.504 e. The summed E-state index contributed by atoms with van der Waals surface area (Å²) in [6.07, 6.45) is 0. The molecule has 126 valence electrons. The Balaban J connectivity index is 1.83. The molecule has 0 fully saturated rings. The van der Waals surface area contributed by atoms with Gasteiger partial charge in [-0.25, -0.2) is 0 Å². The lowest BCUT2D eigenvalue weighted by Crippen LogP contribution is -2.34. The van der Waals surface area contributed by atoms with E-state index in [0.717, 1.165) is 17.7 Å². The Morgan fingerprint density at radius 2 is 1.29 bits per heavy atom. The summed E-state index contributed by atoms with van der Waals surface area (Å²) in [5, 5.41) is 33.2. The summed E-state index contributed by atoms with van der Waals surface area (Å²) in [5.41, 5.74) is 1.58. The Bertz CT molecular complexity index is 733. The maximum Gasteiger partial charge on any atom is 0.251 e. The highest BCUT2D eigenvalue weighted by Crippen LogP contribution is 2.35. The molecule has 24 heavy (non-hydrogen) atoms. The standard InChI is InChI=1S/C17H18N2O5/c1-10-2-4-11(5-3-10)16(23)18-6-7-19-17(24)12-8-13(20)15(22)14(21)9-12/h2-5,8-9,20-22H,6-7H2,1H3,(H,18,23)(H,19,24). The first-order valence-corrected chi connectivity index (χ1v) is 7.26. The molecule has 0 unspecified atom stereocenters. The van der Waals surface area contributed by atoms with Gasteiger partial charge >= 0.3 is 0 Å². The molecule has 0 saturated heterocycles. The van der Waals surface area contributed by atoms with E-state index in [4.69, 9.17) is 0 Å². The SMILES string of the molecule is Cc1ccc(C(=O)NCCNC(=O)c2cc(O)c(O)c(O)c2)cc1. The number of nitrogens with one attached hydrogen (secondary N) is 2. The van der Waals surface area contributed by atoms with Gasteiger partial charge in [0.25, 0.3) is 11.8 Å². The molecule has 5 N–H and O–H groups in total. The average Bonchev–Trinajstić information content (AvgIpc) is 2.56. The van der Waals surface area contributed by atoms with E-state index in [1.54, 1.807) is 12.1 Å². The van der Waals surface area contributed by atoms with Crippen molar-refractivity contribution in [2.45, 2.75) is 6.92 Å². The Morgan fingerprint density at radius 1 is 0.833 bits per heavy atom. The van der Waals surface area contributed by atoms with E-state index in [-0.39, 0.29) is 24.6 Å². The van der Waals surface area contributed by atoms with Crippen LogP contribution in [0.5, 0.6) is 17.2 Å². The van der Waals surface area contributed by atoms with Gasteiger partial charge in [-0.1, -0.05) is 17.7 Å². The lowest BCUT2D eigenvalue weighted by Gasteiger charge is -2.09. The Hall–Kier alpha value is -3.22. The number of phenolic OH excluding ortho intramolecular Hbond substituents is 3. The van der Waals surface area contributed by atoms with Crippen molar-refractivity contribution in [3.8, 4) is 17.2 Å². The van der Waals surface area contributed by atoms with Crippen LogP contribution in [0.3, 0.4) is 0 Å². The molecule has 0 heterocycles. The largest absolute Gasteiger partial charge is 0.504 e. The van der Waals surface area contributed by atoms with Crippen molar-refractivity contribution in [3.05, 3.63) is 53.1 Å². The van der Waals surface area contributed by atoms with E-state index in [1.807, 2.05) is 19.1 Å². The van der Waals surface area contributed by atoms with Crippen LogP contribution in [0.25, 0.3) is 0 Å². The minimum atomic E-state index is -0.683. The topological polar surface area (TPSA) is 119 Å². The van der Waals surface area contributed by atoms with Crippen LogP contribution in [0.4, 0.5) is 0 Å². The number of benzene rings is 2. The first-order valence-electron chi connectivity index (χ1n) is 7.26. The van der Waals surface area contributed by atoms with Crippen LogP contribution in [0, 0.1) is 6.92 Å². The van der Waals surface area contributed by atoms with Crippen molar-refractivity contribution in [1.82, 2.24) is 10.6 Å². The van der Waals surface area contributed by atoms with E-state index in [0.29, 0.717) is 5.56 Å². The van der Waals surface area contributed by atoms with Crippen LogP contribution in [-0.4, -0.2) is 40.2 Å². The fourth-order valence-corrected chi connectivity index (χ4v) is 2.00. The molecule has 2 amide bonds. The predicted molar refractivity (Wildman–Crippen MR) is 87.3 cm³/mol. The molecule has 2 aromatic rings. The maximum absolute atomic E-state index is 11.9. The van der Waals surface area contributed by atoms with Crippen LogP contribution in [0.2, 0.25) is 0 Å². The van der Waals surface area contributed by atoms with Crippen molar-refractivity contribution in [2.24, 2.45) is 0 Å². The van der Waals surface area contributed by atoms with Crippen molar-refractivity contribution in [2.75, 3.05) is 13.1 Å². The van der Waals surface area contributed by atoms with E-state index >= 15 is 0 Å². The summed E-state index contributed by atoms with van der Waals surface area (Å²) in [4.78, 5) is 23.8. The summed E-state index contributed by atoms with van der Waals surface area (Å²) >= 11 is 0. The van der Waals surface area contributed by atoms with Gasteiger partial charge < -0.3 is 26.0 Å². The molecule has 7 nitrogen and oxygen atoms in total. The highest BCUT2D eigenvalue weighted by molar-refractivity contribution is 5.96. The summed E-state index contributed by atoms with van der Waals surface area (Å²) in [7, 11) is 0. The molecule has 0 saturated carbocycles. The second-order valence-electron chi connectivity index (χ2n) is 5.24. The van der Waals surface area contributed by atoms with E-state index in [1.165, 1.54) is 0 Å². The van der Waals surface area contributed by atoms with Crippen LogP contribution < -0.4 is 10.6 Å². The van der Waals surface area contributed by atoms with Crippen LogP contribution in [0.15, 0.2) is 36.4 Å². The van der Waals surface area contributed by atoms with Crippen LogP contribution in [-0.2, 0) is 0 Å². The van der Waals surface area contributed by atoms with Gasteiger partial charge in [0.15, 0.2) is 17.2 Å². The zero-order valence-electron chi connectivity index (χ0n) is 13.0. The number of hydrogen-bond acceptors (Lipinski definition) is 5. The normalized spacial score (nSPS) is 10.2. The molecule has 2 rings (SSSR count). The van der Waals surface area contributed by atoms with Crippen molar-refractivity contribution in [3.63, 3.8) is 0 Å². The predicted octanol–water partition coefficient (Wildman–Crippen LogP) is 1.27. The maximum atomic E-state index is 11.9. The van der Waals surface area contributed by atoms with Gasteiger partial charge in [-0.15, -0.1) is 0 Å². The number of carbonyl (C=O) groups is 2.